The van der Waals surface area contributed by atoms with Gasteiger partial charge in [0.2, 0.25) is 5.78 Å². The minimum atomic E-state index is -1.27. The highest BCUT2D eigenvalue weighted by molar-refractivity contribution is 6.25. The molecule has 4 rings (SSSR count). The van der Waals surface area contributed by atoms with Gasteiger partial charge in [-0.05, 0) is 6.42 Å². The zero-order valence-corrected chi connectivity index (χ0v) is 13.3. The summed E-state index contributed by atoms with van der Waals surface area (Å²) in [6.45, 7) is 1.95. The van der Waals surface area contributed by atoms with Crippen molar-refractivity contribution < 1.29 is 29.0 Å². The van der Waals surface area contributed by atoms with Crippen molar-refractivity contribution >= 4 is 17.5 Å². The summed E-state index contributed by atoms with van der Waals surface area (Å²) in [6.07, 6.45) is -0.0290. The van der Waals surface area contributed by atoms with E-state index in [4.69, 9.17) is 14.6 Å². The SMILES string of the molecule is CCCC1OC(CC(=O)O)CC23OC12C(=O)c1ccccc1C3=O. The third kappa shape index (κ3) is 1.75. The van der Waals surface area contributed by atoms with Gasteiger partial charge in [0.25, 0.3) is 0 Å². The molecule has 0 bridgehead atoms. The molecule has 0 saturated carbocycles. The Morgan fingerprint density at radius 2 is 1.92 bits per heavy atom. The number of rotatable bonds is 4. The van der Waals surface area contributed by atoms with Crippen LogP contribution in [0.2, 0.25) is 0 Å². The maximum absolute atomic E-state index is 13.1. The van der Waals surface area contributed by atoms with Crippen LogP contribution in [0.1, 0.15) is 53.3 Å². The molecule has 3 aliphatic rings. The number of aliphatic carboxylic acids is 1. The molecule has 2 fully saturated rings. The number of ketones is 2. The Bertz CT molecular complexity index is 756. The Morgan fingerprint density at radius 3 is 2.54 bits per heavy atom. The van der Waals surface area contributed by atoms with E-state index in [1.54, 1.807) is 24.3 Å². The zero-order chi connectivity index (χ0) is 17.1. The summed E-state index contributed by atoms with van der Waals surface area (Å²) >= 11 is 0. The van der Waals surface area contributed by atoms with Crippen molar-refractivity contribution in [2.24, 2.45) is 0 Å². The number of epoxide rings is 1. The monoisotopic (exact) mass is 330 g/mol. The number of carbonyl (C=O) groups is 3. The van der Waals surface area contributed by atoms with Gasteiger partial charge in [0.15, 0.2) is 17.0 Å². The first kappa shape index (κ1) is 15.5. The highest BCUT2D eigenvalue weighted by atomic mass is 16.7. The van der Waals surface area contributed by atoms with Crippen LogP contribution < -0.4 is 0 Å². The van der Waals surface area contributed by atoms with Gasteiger partial charge >= 0.3 is 5.97 Å². The van der Waals surface area contributed by atoms with Crippen LogP contribution in [0.3, 0.4) is 0 Å². The molecule has 6 nitrogen and oxygen atoms in total. The predicted molar refractivity (Wildman–Crippen MR) is 82.1 cm³/mol. The third-order valence-electron chi connectivity index (χ3n) is 5.29. The first-order valence-corrected chi connectivity index (χ1v) is 8.22. The number of ether oxygens (including phenoxy) is 2. The van der Waals surface area contributed by atoms with Gasteiger partial charge in [-0.15, -0.1) is 0 Å². The Morgan fingerprint density at radius 1 is 1.25 bits per heavy atom. The van der Waals surface area contributed by atoms with Crippen molar-refractivity contribution in [2.75, 3.05) is 0 Å². The van der Waals surface area contributed by atoms with Crippen LogP contribution in [0, 0.1) is 0 Å². The van der Waals surface area contributed by atoms with Crippen molar-refractivity contribution in [3.63, 3.8) is 0 Å². The molecule has 2 heterocycles. The van der Waals surface area contributed by atoms with Gasteiger partial charge in [0.1, 0.15) is 0 Å². The van der Waals surface area contributed by atoms with Crippen LogP contribution in [-0.4, -0.2) is 46.1 Å². The highest BCUT2D eigenvalue weighted by Crippen LogP contribution is 2.63. The van der Waals surface area contributed by atoms with Crippen LogP contribution in [0.4, 0.5) is 0 Å². The van der Waals surface area contributed by atoms with Crippen molar-refractivity contribution in [3.8, 4) is 0 Å². The average molecular weight is 330 g/mol. The van der Waals surface area contributed by atoms with Gasteiger partial charge in [-0.3, -0.25) is 14.4 Å². The van der Waals surface area contributed by atoms with E-state index in [9.17, 15) is 14.4 Å². The molecule has 1 N–H and O–H groups in total. The maximum Gasteiger partial charge on any atom is 0.305 e. The molecule has 0 radical (unpaired) electrons. The van der Waals surface area contributed by atoms with E-state index in [1.807, 2.05) is 6.92 Å². The molecule has 0 aromatic heterocycles. The molecular formula is C18H18O6. The lowest BCUT2D eigenvalue weighted by atomic mass is 9.67. The van der Waals surface area contributed by atoms with Crippen molar-refractivity contribution in [1.29, 1.82) is 0 Å². The number of Topliss-reactive ketones (excluding diaryl/α,β-unsaturated/α-hetero) is 2. The Labute approximate surface area is 138 Å². The predicted octanol–water partition coefficient (Wildman–Crippen LogP) is 2.01. The van der Waals surface area contributed by atoms with Crippen molar-refractivity contribution in [1.82, 2.24) is 0 Å². The summed E-state index contributed by atoms with van der Waals surface area (Å²) in [4.78, 5) is 37.2. The van der Waals surface area contributed by atoms with Gasteiger partial charge in [0, 0.05) is 17.5 Å². The second kappa shape index (κ2) is 4.97. The molecule has 2 aliphatic heterocycles. The molecule has 1 aromatic carbocycles. The summed E-state index contributed by atoms with van der Waals surface area (Å²) in [7, 11) is 0. The van der Waals surface area contributed by atoms with Gasteiger partial charge < -0.3 is 14.6 Å². The second-order valence-corrected chi connectivity index (χ2v) is 6.71. The second-order valence-electron chi connectivity index (χ2n) is 6.71. The van der Waals surface area contributed by atoms with Crippen LogP contribution in [0.15, 0.2) is 24.3 Å². The van der Waals surface area contributed by atoms with E-state index in [0.29, 0.717) is 17.5 Å². The molecule has 2 saturated heterocycles. The van der Waals surface area contributed by atoms with Crippen LogP contribution in [-0.2, 0) is 14.3 Å². The van der Waals surface area contributed by atoms with E-state index in [-0.39, 0.29) is 24.4 Å². The summed E-state index contributed by atoms with van der Waals surface area (Å²) in [6, 6.07) is 6.71. The number of benzene rings is 1. The van der Waals surface area contributed by atoms with Crippen molar-refractivity contribution in [3.05, 3.63) is 35.4 Å². The molecule has 1 aliphatic carbocycles. The quantitative estimate of drug-likeness (QED) is 0.849. The largest absolute Gasteiger partial charge is 0.481 e. The zero-order valence-electron chi connectivity index (χ0n) is 13.3. The number of carbonyl (C=O) groups excluding carboxylic acids is 2. The van der Waals surface area contributed by atoms with Crippen molar-refractivity contribution in [2.45, 2.75) is 56.0 Å². The minimum Gasteiger partial charge on any atom is -0.481 e. The molecule has 24 heavy (non-hydrogen) atoms. The fourth-order valence-electron chi connectivity index (χ4n) is 4.29. The Kier molecular flexibility index (Phi) is 3.21. The van der Waals surface area contributed by atoms with E-state index < -0.39 is 29.4 Å². The van der Waals surface area contributed by atoms with Crippen LogP contribution in [0.25, 0.3) is 0 Å². The summed E-state index contributed by atoms with van der Waals surface area (Å²) in [5, 5.41) is 9.08. The molecule has 4 atom stereocenters. The summed E-state index contributed by atoms with van der Waals surface area (Å²) in [5.74, 6) is -1.43. The molecule has 1 aromatic rings. The smallest absolute Gasteiger partial charge is 0.305 e. The molecule has 0 amide bonds. The van der Waals surface area contributed by atoms with E-state index in [1.165, 1.54) is 0 Å². The summed E-state index contributed by atoms with van der Waals surface area (Å²) in [5.41, 5.74) is -1.79. The Hall–Kier alpha value is -2.05. The first-order chi connectivity index (χ1) is 11.5. The summed E-state index contributed by atoms with van der Waals surface area (Å²) < 4.78 is 11.8. The fourth-order valence-corrected chi connectivity index (χ4v) is 4.29. The number of hydrogen-bond donors (Lipinski definition) is 1. The van der Waals surface area contributed by atoms with Gasteiger partial charge in [0.05, 0.1) is 18.6 Å². The molecular weight excluding hydrogens is 312 g/mol. The van der Waals surface area contributed by atoms with Crippen LogP contribution >= 0.6 is 0 Å². The number of hydrogen-bond acceptors (Lipinski definition) is 5. The first-order valence-electron chi connectivity index (χ1n) is 8.22. The minimum absolute atomic E-state index is 0.110. The molecule has 126 valence electrons. The number of carboxylic acids is 1. The number of fused-ring (bicyclic) bond motifs is 1. The topological polar surface area (TPSA) is 93.2 Å². The van der Waals surface area contributed by atoms with Crippen LogP contribution in [0.5, 0.6) is 0 Å². The maximum atomic E-state index is 13.1. The Balaban J connectivity index is 1.81. The van der Waals surface area contributed by atoms with Gasteiger partial charge in [-0.2, -0.15) is 0 Å². The number of carboxylic acid groups (broad SMARTS) is 1. The van der Waals surface area contributed by atoms with E-state index in [2.05, 4.69) is 0 Å². The molecule has 0 spiro atoms. The lowest BCUT2D eigenvalue weighted by molar-refractivity contribution is -0.143. The fraction of sp³-hybridized carbons (Fsp3) is 0.500. The molecule has 4 unspecified atom stereocenters. The molecule has 6 heteroatoms. The van der Waals surface area contributed by atoms with E-state index in [0.717, 1.165) is 6.42 Å². The highest BCUT2D eigenvalue weighted by Gasteiger charge is 2.85. The lowest BCUT2D eigenvalue weighted by Gasteiger charge is -2.38. The van der Waals surface area contributed by atoms with Gasteiger partial charge in [-0.1, -0.05) is 37.6 Å². The van der Waals surface area contributed by atoms with E-state index >= 15 is 0 Å². The van der Waals surface area contributed by atoms with Gasteiger partial charge in [-0.25, -0.2) is 0 Å². The normalized spacial score (nSPS) is 36.5. The third-order valence-corrected chi connectivity index (χ3v) is 5.29. The average Bonchev–Trinajstić information content (AvgIpc) is 3.25. The lowest BCUT2D eigenvalue weighted by Crippen LogP contribution is -2.58. The standard InChI is InChI=1S/C18H18O6/c1-2-5-13-18-16(22)12-7-4-3-6-11(12)15(21)17(18,24-18)9-10(23-13)8-14(19)20/h3-4,6-7,10,13H,2,5,8-9H2,1H3,(H,19,20).